The van der Waals surface area contributed by atoms with E-state index in [-0.39, 0.29) is 34.5 Å². The number of carbonyl (C=O) groups is 2. The minimum Gasteiger partial charge on any atom is -0.354 e. The van der Waals surface area contributed by atoms with Crippen LogP contribution in [-0.2, 0) is 11.3 Å². The molecule has 0 N–H and O–H groups in total. The average Bonchev–Trinajstić information content (AvgIpc) is 2.75. The van der Waals surface area contributed by atoms with E-state index < -0.39 is 5.43 Å². The van der Waals surface area contributed by atoms with Gasteiger partial charge in [-0.1, -0.05) is 11.6 Å². The molecule has 19 heavy (non-hydrogen) atoms. The van der Waals surface area contributed by atoms with E-state index in [0.717, 1.165) is 0 Å². The summed E-state index contributed by atoms with van der Waals surface area (Å²) in [4.78, 5) is 36.6. The molecule has 1 aromatic rings. The number of pyridine rings is 1. The summed E-state index contributed by atoms with van der Waals surface area (Å²) in [5, 5.41) is -0.202. The van der Waals surface area contributed by atoms with E-state index in [9.17, 15) is 14.4 Å². The Morgan fingerprint density at radius 3 is 2.89 bits per heavy atom. The summed E-state index contributed by atoms with van der Waals surface area (Å²) in [6, 6.07) is -0.0526. The normalized spacial score (nSPS) is 25.2. The number of carbonyl (C=O) groups excluding carboxylic acids is 2. The largest absolute Gasteiger partial charge is 0.354 e. The first kappa shape index (κ1) is 12.4. The van der Waals surface area contributed by atoms with E-state index >= 15 is 0 Å². The molecule has 2 atom stereocenters. The van der Waals surface area contributed by atoms with Crippen LogP contribution in [0.2, 0.25) is 5.02 Å². The minimum absolute atomic E-state index is 0.0526. The summed E-state index contributed by atoms with van der Waals surface area (Å²) in [5.74, 6) is -0.333. The summed E-state index contributed by atoms with van der Waals surface area (Å²) in [6.07, 6.45) is 1.43. The number of nitrogens with zero attached hydrogens (tertiary/aromatic N) is 2. The molecule has 0 spiro atoms. The van der Waals surface area contributed by atoms with Crippen molar-refractivity contribution in [3.05, 3.63) is 32.7 Å². The molecule has 1 fully saturated rings. The van der Waals surface area contributed by atoms with Crippen molar-refractivity contribution in [2.75, 3.05) is 6.61 Å². The number of halogens is 1. The van der Waals surface area contributed by atoms with Gasteiger partial charge in [0.1, 0.15) is 10.7 Å². The van der Waals surface area contributed by atoms with Crippen molar-refractivity contribution in [1.29, 1.82) is 0 Å². The number of aromatic nitrogens is 1. The van der Waals surface area contributed by atoms with Crippen LogP contribution < -0.4 is 5.43 Å². The Hall–Kier alpha value is -1.66. The third kappa shape index (κ3) is 1.63. The Balaban J connectivity index is 2.21. The molecular formula is C12H11ClN2O4. The van der Waals surface area contributed by atoms with Crippen LogP contribution in [0.5, 0.6) is 0 Å². The first-order valence-corrected chi connectivity index (χ1v) is 6.24. The Morgan fingerprint density at radius 1 is 1.47 bits per heavy atom. The quantitative estimate of drug-likeness (QED) is 0.704. The third-order valence-corrected chi connectivity index (χ3v) is 3.83. The van der Waals surface area contributed by atoms with Crippen LogP contribution in [0.3, 0.4) is 0 Å². The monoisotopic (exact) mass is 282 g/mol. The molecule has 0 aromatic carbocycles. The summed E-state index contributed by atoms with van der Waals surface area (Å²) in [7, 11) is 0. The van der Waals surface area contributed by atoms with E-state index in [0.29, 0.717) is 19.4 Å². The molecule has 7 heteroatoms. The van der Waals surface area contributed by atoms with Crippen molar-refractivity contribution >= 4 is 23.8 Å². The van der Waals surface area contributed by atoms with Gasteiger partial charge in [0.15, 0.2) is 12.5 Å². The summed E-state index contributed by atoms with van der Waals surface area (Å²) in [5.41, 5.74) is -0.533. The fraction of sp³-hybridized carbons (Fsp3) is 0.417. The van der Waals surface area contributed by atoms with E-state index in [2.05, 4.69) is 0 Å². The minimum atomic E-state index is -0.609. The van der Waals surface area contributed by atoms with E-state index in [1.165, 1.54) is 10.8 Å². The van der Waals surface area contributed by atoms with Gasteiger partial charge in [0.05, 0.1) is 24.8 Å². The molecule has 2 aliphatic heterocycles. The highest BCUT2D eigenvalue weighted by molar-refractivity contribution is 6.33. The van der Waals surface area contributed by atoms with Gasteiger partial charge in [0.25, 0.3) is 5.91 Å². The maximum atomic E-state index is 12.4. The van der Waals surface area contributed by atoms with Gasteiger partial charge < -0.3 is 14.2 Å². The Morgan fingerprint density at radius 2 is 2.21 bits per heavy atom. The second kappa shape index (κ2) is 4.18. The van der Waals surface area contributed by atoms with Gasteiger partial charge in [-0.25, -0.2) is 0 Å². The Labute approximate surface area is 113 Å². The Kier molecular flexibility index (Phi) is 2.72. The number of rotatable bonds is 1. The maximum absolute atomic E-state index is 12.4. The lowest BCUT2D eigenvalue weighted by Gasteiger charge is -2.33. The fourth-order valence-electron chi connectivity index (χ4n) is 2.55. The first-order chi connectivity index (χ1) is 9.04. The van der Waals surface area contributed by atoms with Gasteiger partial charge in [-0.2, -0.15) is 0 Å². The SMILES string of the molecule is C[C@H]1CO[C@@H]2Cn3cc(C=O)c(=O)c(Cl)c3C(=O)N12. The summed E-state index contributed by atoms with van der Waals surface area (Å²) >= 11 is 5.95. The number of hydrogen-bond acceptors (Lipinski definition) is 4. The molecule has 1 aromatic heterocycles. The lowest BCUT2D eigenvalue weighted by molar-refractivity contribution is 0.00680. The molecule has 2 aliphatic rings. The molecule has 0 unspecified atom stereocenters. The highest BCUT2D eigenvalue weighted by atomic mass is 35.5. The van der Waals surface area contributed by atoms with Crippen LogP contribution in [0.1, 0.15) is 27.8 Å². The van der Waals surface area contributed by atoms with Crippen LogP contribution in [0.25, 0.3) is 0 Å². The first-order valence-electron chi connectivity index (χ1n) is 5.87. The van der Waals surface area contributed by atoms with Crippen molar-refractivity contribution < 1.29 is 14.3 Å². The van der Waals surface area contributed by atoms with Gasteiger partial charge in [-0.05, 0) is 6.92 Å². The van der Waals surface area contributed by atoms with Gasteiger partial charge in [0.2, 0.25) is 5.43 Å². The standard InChI is InChI=1S/C12H11ClN2O4/c1-6-5-19-8-3-14-2-7(4-16)11(17)9(13)10(14)12(18)15(6)8/h2,4,6,8H,3,5H2,1H3/t6-,8+/m0/s1. The number of hydrogen-bond donors (Lipinski definition) is 0. The van der Waals surface area contributed by atoms with E-state index in [4.69, 9.17) is 16.3 Å². The van der Waals surface area contributed by atoms with Crippen LogP contribution in [0, 0.1) is 0 Å². The molecule has 3 heterocycles. The predicted octanol–water partition coefficient (Wildman–Crippen LogP) is 0.515. The average molecular weight is 283 g/mol. The maximum Gasteiger partial charge on any atom is 0.274 e. The molecule has 100 valence electrons. The van der Waals surface area contributed by atoms with Gasteiger partial charge >= 0.3 is 0 Å². The van der Waals surface area contributed by atoms with Crippen molar-refractivity contribution in [3.63, 3.8) is 0 Å². The number of amides is 1. The zero-order valence-electron chi connectivity index (χ0n) is 10.1. The van der Waals surface area contributed by atoms with Crippen molar-refractivity contribution in [2.24, 2.45) is 0 Å². The molecule has 0 saturated carbocycles. The van der Waals surface area contributed by atoms with Crippen LogP contribution >= 0.6 is 11.6 Å². The lowest BCUT2D eigenvalue weighted by atomic mass is 10.1. The molecule has 6 nitrogen and oxygen atoms in total. The summed E-state index contributed by atoms with van der Waals surface area (Å²) < 4.78 is 7.04. The second-order valence-electron chi connectivity index (χ2n) is 4.70. The molecule has 0 radical (unpaired) electrons. The number of ether oxygens (including phenoxy) is 1. The predicted molar refractivity (Wildman–Crippen MR) is 66.5 cm³/mol. The van der Waals surface area contributed by atoms with Crippen LogP contribution in [0.15, 0.2) is 11.0 Å². The molecule has 1 amide bonds. The molecule has 3 rings (SSSR count). The van der Waals surface area contributed by atoms with Crippen LogP contribution in [-0.4, -0.2) is 40.5 Å². The van der Waals surface area contributed by atoms with Gasteiger partial charge in [-0.15, -0.1) is 0 Å². The van der Waals surface area contributed by atoms with Gasteiger partial charge in [-0.3, -0.25) is 14.4 Å². The van der Waals surface area contributed by atoms with E-state index in [1.54, 1.807) is 4.90 Å². The topological polar surface area (TPSA) is 68.6 Å². The molecule has 0 bridgehead atoms. The van der Waals surface area contributed by atoms with Crippen molar-refractivity contribution in [2.45, 2.75) is 25.7 Å². The number of aldehydes is 1. The zero-order valence-corrected chi connectivity index (χ0v) is 10.9. The number of fused-ring (bicyclic) bond motifs is 2. The van der Waals surface area contributed by atoms with Crippen molar-refractivity contribution in [3.8, 4) is 0 Å². The zero-order chi connectivity index (χ0) is 13.7. The summed E-state index contributed by atoms with van der Waals surface area (Å²) in [6.45, 7) is 2.69. The van der Waals surface area contributed by atoms with Gasteiger partial charge in [0, 0.05) is 6.20 Å². The van der Waals surface area contributed by atoms with Crippen molar-refractivity contribution in [1.82, 2.24) is 9.47 Å². The highest BCUT2D eigenvalue weighted by Crippen LogP contribution is 2.28. The molecular weight excluding hydrogens is 272 g/mol. The second-order valence-corrected chi connectivity index (χ2v) is 5.07. The van der Waals surface area contributed by atoms with E-state index in [1.807, 2.05) is 6.92 Å². The molecule has 1 saturated heterocycles. The highest BCUT2D eigenvalue weighted by Gasteiger charge is 2.42. The lowest BCUT2D eigenvalue weighted by Crippen LogP contribution is -2.49. The third-order valence-electron chi connectivity index (χ3n) is 3.48. The Bertz CT molecular complexity index is 639. The fourth-order valence-corrected chi connectivity index (χ4v) is 2.85. The molecule has 0 aliphatic carbocycles. The van der Waals surface area contributed by atoms with Crippen LogP contribution in [0.4, 0.5) is 0 Å². The smallest absolute Gasteiger partial charge is 0.274 e.